The van der Waals surface area contributed by atoms with Crippen LogP contribution in [0.5, 0.6) is 5.75 Å². The zero-order valence-electron chi connectivity index (χ0n) is 15.9. The lowest BCUT2D eigenvalue weighted by Crippen LogP contribution is -2.19. The van der Waals surface area contributed by atoms with E-state index in [4.69, 9.17) is 0 Å². The van der Waals surface area contributed by atoms with E-state index in [1.807, 2.05) is 29.6 Å². The number of nitrogens with zero attached hydrogens (tertiary/aromatic N) is 2. The summed E-state index contributed by atoms with van der Waals surface area (Å²) in [5.74, 6) is 0.385. The maximum atomic E-state index is 12.9. The molecule has 0 saturated heterocycles. The molecule has 0 radical (unpaired) electrons. The molecule has 2 aromatic carbocycles. The zero-order chi connectivity index (χ0) is 20.5. The summed E-state index contributed by atoms with van der Waals surface area (Å²) < 4.78 is 2.94. The van der Waals surface area contributed by atoms with E-state index < -0.39 is 0 Å². The summed E-state index contributed by atoms with van der Waals surface area (Å²) in [6.45, 7) is 0. The van der Waals surface area contributed by atoms with Gasteiger partial charge in [0.25, 0.3) is 5.91 Å². The van der Waals surface area contributed by atoms with Crippen molar-refractivity contribution in [1.82, 2.24) is 9.13 Å². The van der Waals surface area contributed by atoms with E-state index in [1.54, 1.807) is 49.3 Å². The monoisotopic (exact) mass is 425 g/mol. The van der Waals surface area contributed by atoms with Crippen LogP contribution in [0, 0.1) is 0 Å². The van der Waals surface area contributed by atoms with Crippen molar-refractivity contribution in [3.8, 4) is 5.75 Å². The van der Waals surface area contributed by atoms with Crippen molar-refractivity contribution in [2.24, 2.45) is 14.1 Å². The number of carbonyl (C=O) groups excluding carboxylic acids is 1. The highest BCUT2D eigenvalue weighted by Crippen LogP contribution is 2.31. The predicted octanol–water partition coefficient (Wildman–Crippen LogP) is 4.19. The number of hydrogen-bond acceptors (Lipinski definition) is 5. The van der Waals surface area contributed by atoms with Crippen LogP contribution < -0.4 is 11.0 Å². The van der Waals surface area contributed by atoms with Gasteiger partial charge in [-0.3, -0.25) is 13.9 Å². The van der Waals surface area contributed by atoms with Crippen LogP contribution in [0.4, 0.5) is 5.69 Å². The van der Waals surface area contributed by atoms with Crippen LogP contribution >= 0.6 is 23.1 Å². The van der Waals surface area contributed by atoms with Crippen molar-refractivity contribution < 1.29 is 9.90 Å². The van der Waals surface area contributed by atoms with Crippen molar-refractivity contribution in [3.63, 3.8) is 0 Å². The number of carbonyl (C=O) groups is 1. The minimum atomic E-state index is -0.310. The van der Waals surface area contributed by atoms with E-state index >= 15 is 0 Å². The number of hydrogen-bond donors (Lipinski definition) is 2. The average Bonchev–Trinajstić information content (AvgIpc) is 3.31. The van der Waals surface area contributed by atoms with E-state index in [-0.39, 0.29) is 23.0 Å². The van der Waals surface area contributed by atoms with Gasteiger partial charge < -0.3 is 10.4 Å². The van der Waals surface area contributed by atoms with E-state index in [1.165, 1.54) is 20.1 Å². The van der Waals surface area contributed by atoms with Gasteiger partial charge in [-0.15, -0.1) is 23.1 Å². The molecule has 148 valence electrons. The summed E-state index contributed by atoms with van der Waals surface area (Å²) >= 11 is 3.28. The van der Waals surface area contributed by atoms with Gasteiger partial charge in [0.1, 0.15) is 5.75 Å². The Morgan fingerprint density at radius 3 is 2.55 bits per heavy atom. The average molecular weight is 426 g/mol. The lowest BCUT2D eigenvalue weighted by Gasteiger charge is -2.11. The SMILES string of the molecule is Cn1c(=O)n(C)c2cc(NC(=O)c3ccccc3SCc3cccs3)c(O)cc21. The number of imidazole rings is 1. The highest BCUT2D eigenvalue weighted by molar-refractivity contribution is 7.98. The molecule has 1 amide bonds. The number of phenolic OH excluding ortho intramolecular Hbond substituents is 1. The Morgan fingerprint density at radius 2 is 1.83 bits per heavy atom. The Morgan fingerprint density at radius 1 is 1.10 bits per heavy atom. The normalized spacial score (nSPS) is 11.1. The number of aromatic nitrogens is 2. The summed E-state index contributed by atoms with van der Waals surface area (Å²) in [5, 5.41) is 15.2. The van der Waals surface area contributed by atoms with Crippen molar-refractivity contribution >= 4 is 45.7 Å². The number of nitrogens with one attached hydrogen (secondary N) is 1. The largest absolute Gasteiger partial charge is 0.506 e. The summed E-state index contributed by atoms with van der Waals surface area (Å²) in [5.41, 5.74) is 1.83. The molecule has 0 saturated carbocycles. The molecule has 2 N–H and O–H groups in total. The number of anilines is 1. The van der Waals surface area contributed by atoms with E-state index in [2.05, 4.69) is 11.4 Å². The van der Waals surface area contributed by atoms with Crippen molar-refractivity contribution in [2.75, 3.05) is 5.32 Å². The molecular weight excluding hydrogens is 406 g/mol. The molecule has 29 heavy (non-hydrogen) atoms. The summed E-state index contributed by atoms with van der Waals surface area (Å²) in [7, 11) is 3.30. The number of benzene rings is 2. The molecule has 0 fully saturated rings. The number of phenols is 1. The third-order valence-electron chi connectivity index (χ3n) is 4.72. The first-order chi connectivity index (χ1) is 14.0. The highest BCUT2D eigenvalue weighted by Gasteiger charge is 2.16. The molecule has 0 aliphatic heterocycles. The Labute approximate surface area is 175 Å². The Hall–Kier alpha value is -2.97. The molecular formula is C21H19N3O3S2. The van der Waals surface area contributed by atoms with Crippen LogP contribution in [-0.4, -0.2) is 20.1 Å². The highest BCUT2D eigenvalue weighted by atomic mass is 32.2. The molecule has 0 bridgehead atoms. The van der Waals surface area contributed by atoms with Gasteiger partial charge in [0.05, 0.1) is 22.3 Å². The summed E-state index contributed by atoms with van der Waals surface area (Å²) in [6.07, 6.45) is 0. The number of rotatable bonds is 5. The van der Waals surface area contributed by atoms with Crippen LogP contribution in [0.1, 0.15) is 15.2 Å². The van der Waals surface area contributed by atoms with Gasteiger partial charge in [0.2, 0.25) is 0 Å². The number of aryl methyl sites for hydroxylation is 2. The molecule has 6 nitrogen and oxygen atoms in total. The first-order valence-corrected chi connectivity index (χ1v) is 10.8. The minimum absolute atomic E-state index is 0.0873. The number of amides is 1. The van der Waals surface area contributed by atoms with Crippen LogP contribution in [0.15, 0.2) is 63.6 Å². The van der Waals surface area contributed by atoms with Crippen LogP contribution in [-0.2, 0) is 19.8 Å². The van der Waals surface area contributed by atoms with E-state index in [9.17, 15) is 14.7 Å². The van der Waals surface area contributed by atoms with Gasteiger partial charge >= 0.3 is 5.69 Å². The van der Waals surface area contributed by atoms with Crippen molar-refractivity contribution in [3.05, 3.63) is 74.8 Å². The molecule has 4 rings (SSSR count). The van der Waals surface area contributed by atoms with Crippen molar-refractivity contribution in [2.45, 2.75) is 10.6 Å². The van der Waals surface area contributed by atoms with Crippen LogP contribution in [0.3, 0.4) is 0 Å². The molecule has 2 aromatic heterocycles. The number of thiophene rings is 1. The van der Waals surface area contributed by atoms with Crippen LogP contribution in [0.25, 0.3) is 11.0 Å². The third-order valence-corrected chi connectivity index (χ3v) is 6.90. The first-order valence-electron chi connectivity index (χ1n) is 8.89. The second-order valence-corrected chi connectivity index (χ2v) is 8.63. The summed E-state index contributed by atoms with van der Waals surface area (Å²) in [4.78, 5) is 27.2. The first kappa shape index (κ1) is 19.4. The van der Waals surface area contributed by atoms with E-state index in [0.29, 0.717) is 16.6 Å². The Balaban J connectivity index is 1.62. The number of thioether (sulfide) groups is 1. The maximum absolute atomic E-state index is 12.9. The minimum Gasteiger partial charge on any atom is -0.506 e. The number of aromatic hydroxyl groups is 1. The maximum Gasteiger partial charge on any atom is 0.328 e. The number of fused-ring (bicyclic) bond motifs is 1. The van der Waals surface area contributed by atoms with Gasteiger partial charge in [-0.1, -0.05) is 18.2 Å². The fourth-order valence-corrected chi connectivity index (χ4v) is 4.97. The van der Waals surface area contributed by atoms with Gasteiger partial charge in [-0.05, 0) is 29.6 Å². The molecule has 4 aromatic rings. The fourth-order valence-electron chi connectivity index (χ4n) is 3.15. The summed E-state index contributed by atoms with van der Waals surface area (Å²) in [6, 6.07) is 14.6. The lowest BCUT2D eigenvalue weighted by atomic mass is 10.2. The fraction of sp³-hybridized carbons (Fsp3) is 0.143. The predicted molar refractivity (Wildman–Crippen MR) is 118 cm³/mol. The van der Waals surface area contributed by atoms with Crippen LogP contribution in [0.2, 0.25) is 0 Å². The lowest BCUT2D eigenvalue weighted by molar-refractivity contribution is 0.102. The van der Waals surface area contributed by atoms with E-state index in [0.717, 1.165) is 10.6 Å². The second-order valence-electron chi connectivity index (χ2n) is 6.58. The molecule has 0 aliphatic rings. The van der Waals surface area contributed by atoms with Gasteiger partial charge in [0, 0.05) is 35.7 Å². The third kappa shape index (κ3) is 3.68. The zero-order valence-corrected chi connectivity index (χ0v) is 17.5. The Kier molecular flexibility index (Phi) is 5.21. The molecule has 0 aliphatic carbocycles. The molecule has 2 heterocycles. The quantitative estimate of drug-likeness (QED) is 0.371. The Bertz CT molecular complexity index is 1260. The molecule has 0 unspecified atom stereocenters. The van der Waals surface area contributed by atoms with Gasteiger partial charge in [0.15, 0.2) is 0 Å². The molecule has 0 atom stereocenters. The smallest absolute Gasteiger partial charge is 0.328 e. The van der Waals surface area contributed by atoms with Crippen molar-refractivity contribution in [1.29, 1.82) is 0 Å². The molecule has 8 heteroatoms. The topological polar surface area (TPSA) is 76.3 Å². The standard InChI is InChI=1S/C21H19N3O3S2/c1-23-16-10-15(18(25)11-17(16)24(2)21(23)27)22-20(26)14-7-3-4-8-19(14)29-12-13-6-5-9-28-13/h3-11,25H,12H2,1-2H3,(H,22,26). The molecule has 0 spiro atoms. The second kappa shape index (κ2) is 7.81. The van der Waals surface area contributed by atoms with Gasteiger partial charge in [-0.2, -0.15) is 0 Å². The van der Waals surface area contributed by atoms with Gasteiger partial charge in [-0.25, -0.2) is 4.79 Å².